The quantitative estimate of drug-likeness (QED) is 0.905. The van der Waals surface area contributed by atoms with E-state index in [1.54, 1.807) is 18.2 Å². The molecule has 0 aromatic heterocycles. The normalized spacial score (nSPS) is 15.4. The van der Waals surface area contributed by atoms with Crippen LogP contribution < -0.4 is 10.1 Å². The van der Waals surface area contributed by atoms with Gasteiger partial charge in [0.15, 0.2) is 0 Å². The molecule has 128 valence electrons. The summed E-state index contributed by atoms with van der Waals surface area (Å²) in [4.78, 5) is 13.2. The molecule has 2 aromatic rings. The van der Waals surface area contributed by atoms with Gasteiger partial charge in [-0.15, -0.1) is 0 Å². The van der Waals surface area contributed by atoms with Gasteiger partial charge in [0, 0.05) is 5.69 Å². The van der Waals surface area contributed by atoms with E-state index >= 15 is 0 Å². The third-order valence-electron chi connectivity index (χ3n) is 5.07. The van der Waals surface area contributed by atoms with E-state index in [2.05, 4.69) is 35.7 Å². The van der Waals surface area contributed by atoms with E-state index in [-0.39, 0.29) is 5.91 Å². The Balaban J connectivity index is 1.90. The number of nitrogens with one attached hydrogen (secondary N) is 1. The van der Waals surface area contributed by atoms with Crippen LogP contribution in [0.3, 0.4) is 0 Å². The number of rotatable bonds is 4. The second kappa shape index (κ2) is 6.98. The molecule has 4 heteroatoms. The number of aryl methyl sites for hydroxylation is 1. The van der Waals surface area contributed by atoms with Crippen molar-refractivity contribution in [1.82, 2.24) is 0 Å². The van der Waals surface area contributed by atoms with Gasteiger partial charge in [0.25, 0.3) is 0 Å². The van der Waals surface area contributed by atoms with Crippen molar-refractivity contribution in [3.8, 4) is 11.8 Å². The monoisotopic (exact) mass is 334 g/mol. The van der Waals surface area contributed by atoms with E-state index in [0.29, 0.717) is 17.0 Å². The fourth-order valence-corrected chi connectivity index (χ4v) is 3.62. The number of nitriles is 1. The molecule has 0 heterocycles. The molecule has 0 spiro atoms. The van der Waals surface area contributed by atoms with Crippen molar-refractivity contribution in [2.75, 3.05) is 12.4 Å². The maximum Gasteiger partial charge on any atom is 0.235 e. The second-order valence-electron chi connectivity index (χ2n) is 6.64. The summed E-state index contributed by atoms with van der Waals surface area (Å²) in [5, 5.41) is 12.2. The Hall–Kier alpha value is -2.80. The van der Waals surface area contributed by atoms with Crippen molar-refractivity contribution >= 4 is 11.6 Å². The first-order valence-electron chi connectivity index (χ1n) is 8.56. The van der Waals surface area contributed by atoms with Crippen LogP contribution >= 0.6 is 0 Å². The van der Waals surface area contributed by atoms with Gasteiger partial charge in [0.1, 0.15) is 11.8 Å². The van der Waals surface area contributed by atoms with Crippen molar-refractivity contribution in [2.24, 2.45) is 0 Å². The molecule has 1 amide bonds. The van der Waals surface area contributed by atoms with Crippen LogP contribution in [0.2, 0.25) is 0 Å². The summed E-state index contributed by atoms with van der Waals surface area (Å²) in [6.45, 7) is 2.05. The number of carbonyl (C=O) groups is 1. The van der Waals surface area contributed by atoms with Gasteiger partial charge >= 0.3 is 0 Å². The fraction of sp³-hybridized carbons (Fsp3) is 0.333. The SMILES string of the molecule is COc1ccc(NC(=O)C2(c3ccc(C)cc3)CCCC2)cc1C#N. The van der Waals surface area contributed by atoms with Gasteiger partial charge in [-0.1, -0.05) is 42.7 Å². The topological polar surface area (TPSA) is 62.1 Å². The molecular weight excluding hydrogens is 312 g/mol. The first-order valence-corrected chi connectivity index (χ1v) is 8.56. The van der Waals surface area contributed by atoms with Crippen LogP contribution in [0.15, 0.2) is 42.5 Å². The molecule has 0 radical (unpaired) electrons. The minimum atomic E-state index is -0.486. The van der Waals surface area contributed by atoms with Crippen LogP contribution in [0.1, 0.15) is 42.4 Å². The number of ether oxygens (including phenoxy) is 1. The summed E-state index contributed by atoms with van der Waals surface area (Å²) in [6.07, 6.45) is 3.80. The number of hydrogen-bond acceptors (Lipinski definition) is 3. The maximum absolute atomic E-state index is 13.2. The predicted molar refractivity (Wildman–Crippen MR) is 97.7 cm³/mol. The summed E-state index contributed by atoms with van der Waals surface area (Å²) in [5.41, 5.74) is 2.81. The zero-order valence-electron chi connectivity index (χ0n) is 14.6. The van der Waals surface area contributed by atoms with Crippen LogP contribution in [0, 0.1) is 18.3 Å². The largest absolute Gasteiger partial charge is 0.495 e. The average molecular weight is 334 g/mol. The van der Waals surface area contributed by atoms with E-state index in [4.69, 9.17) is 4.74 Å². The molecule has 25 heavy (non-hydrogen) atoms. The molecule has 0 bridgehead atoms. The van der Waals surface area contributed by atoms with Crippen molar-refractivity contribution in [1.29, 1.82) is 5.26 Å². The third kappa shape index (κ3) is 3.23. The standard InChI is InChI=1S/C21H22N2O2/c1-15-5-7-17(8-6-15)21(11-3-4-12-21)20(24)23-18-9-10-19(25-2)16(13-18)14-22/h5-10,13H,3-4,11-12H2,1-2H3,(H,23,24). The molecule has 0 unspecified atom stereocenters. The smallest absolute Gasteiger partial charge is 0.235 e. The van der Waals surface area contributed by atoms with E-state index < -0.39 is 5.41 Å². The van der Waals surface area contributed by atoms with E-state index in [9.17, 15) is 10.1 Å². The van der Waals surface area contributed by atoms with Gasteiger partial charge in [-0.2, -0.15) is 5.26 Å². The molecule has 4 nitrogen and oxygen atoms in total. The van der Waals surface area contributed by atoms with Gasteiger partial charge in [-0.05, 0) is 43.5 Å². The number of carbonyl (C=O) groups excluding carboxylic acids is 1. The zero-order chi connectivity index (χ0) is 17.9. The van der Waals surface area contributed by atoms with E-state index in [1.807, 2.05) is 6.92 Å². The predicted octanol–water partition coefficient (Wildman–Crippen LogP) is 4.33. The first-order chi connectivity index (χ1) is 12.1. The molecule has 1 aliphatic carbocycles. The van der Waals surface area contributed by atoms with Gasteiger partial charge in [0.05, 0.1) is 18.1 Å². The lowest BCUT2D eigenvalue weighted by atomic mass is 9.77. The summed E-state index contributed by atoms with van der Waals surface area (Å²) < 4.78 is 5.16. The Labute approximate surface area is 148 Å². The van der Waals surface area contributed by atoms with Crippen LogP contribution in [0.25, 0.3) is 0 Å². The number of anilines is 1. The Kier molecular flexibility index (Phi) is 4.76. The highest BCUT2D eigenvalue weighted by atomic mass is 16.5. The van der Waals surface area contributed by atoms with Crippen molar-refractivity contribution in [3.63, 3.8) is 0 Å². The molecule has 3 rings (SSSR count). The first kappa shape index (κ1) is 17.0. The molecule has 1 saturated carbocycles. The fourth-order valence-electron chi connectivity index (χ4n) is 3.62. The molecule has 2 aromatic carbocycles. The lowest BCUT2D eigenvalue weighted by molar-refractivity contribution is -0.121. The van der Waals surface area contributed by atoms with Crippen molar-refractivity contribution in [2.45, 2.75) is 38.0 Å². The number of amides is 1. The van der Waals surface area contributed by atoms with Crippen LogP contribution in [-0.4, -0.2) is 13.0 Å². The third-order valence-corrected chi connectivity index (χ3v) is 5.07. The van der Waals surface area contributed by atoms with Crippen molar-refractivity contribution in [3.05, 3.63) is 59.2 Å². The van der Waals surface area contributed by atoms with Gasteiger partial charge in [-0.25, -0.2) is 0 Å². The summed E-state index contributed by atoms with van der Waals surface area (Å²) >= 11 is 0. The lowest BCUT2D eigenvalue weighted by Gasteiger charge is -2.28. The minimum absolute atomic E-state index is 0.00269. The lowest BCUT2D eigenvalue weighted by Crippen LogP contribution is -2.38. The van der Waals surface area contributed by atoms with E-state index in [0.717, 1.165) is 31.2 Å². The van der Waals surface area contributed by atoms with Crippen molar-refractivity contribution < 1.29 is 9.53 Å². The molecule has 1 N–H and O–H groups in total. The van der Waals surface area contributed by atoms with E-state index in [1.165, 1.54) is 12.7 Å². The molecule has 0 atom stereocenters. The average Bonchev–Trinajstić information content (AvgIpc) is 3.13. The Morgan fingerprint density at radius 1 is 1.16 bits per heavy atom. The summed E-state index contributed by atoms with van der Waals surface area (Å²) in [6, 6.07) is 15.5. The van der Waals surface area contributed by atoms with Crippen LogP contribution in [0.5, 0.6) is 5.75 Å². The minimum Gasteiger partial charge on any atom is -0.495 e. The number of hydrogen-bond donors (Lipinski definition) is 1. The summed E-state index contributed by atoms with van der Waals surface area (Å²) in [5.74, 6) is 0.512. The number of benzene rings is 2. The highest BCUT2D eigenvalue weighted by Gasteiger charge is 2.42. The molecule has 1 aliphatic rings. The van der Waals surface area contributed by atoms with Gasteiger partial charge < -0.3 is 10.1 Å². The molecular formula is C21H22N2O2. The van der Waals surface area contributed by atoms with Gasteiger partial charge in [-0.3, -0.25) is 4.79 Å². The Morgan fingerprint density at radius 3 is 2.44 bits per heavy atom. The highest BCUT2D eigenvalue weighted by molar-refractivity contribution is 5.99. The number of nitrogens with zero attached hydrogens (tertiary/aromatic N) is 1. The zero-order valence-corrected chi connectivity index (χ0v) is 14.6. The highest BCUT2D eigenvalue weighted by Crippen LogP contribution is 2.42. The molecule has 0 saturated heterocycles. The summed E-state index contributed by atoms with van der Waals surface area (Å²) in [7, 11) is 1.53. The Morgan fingerprint density at radius 2 is 1.84 bits per heavy atom. The van der Waals surface area contributed by atoms with Crippen LogP contribution in [0.4, 0.5) is 5.69 Å². The molecule has 0 aliphatic heterocycles. The maximum atomic E-state index is 13.2. The number of methoxy groups -OCH3 is 1. The second-order valence-corrected chi connectivity index (χ2v) is 6.64. The molecule has 1 fully saturated rings. The Bertz CT molecular complexity index is 813. The van der Waals surface area contributed by atoms with Crippen LogP contribution in [-0.2, 0) is 10.2 Å². The van der Waals surface area contributed by atoms with Gasteiger partial charge in [0.2, 0.25) is 5.91 Å².